The summed E-state index contributed by atoms with van der Waals surface area (Å²) in [4.78, 5) is 23.9. The van der Waals surface area contributed by atoms with Gasteiger partial charge in [0, 0.05) is 17.0 Å². The fraction of sp³-hybridized carbons (Fsp3) is 0.316. The molecule has 1 aromatic carbocycles. The molecule has 0 bridgehead atoms. The lowest BCUT2D eigenvalue weighted by atomic mass is 10.0. The van der Waals surface area contributed by atoms with Crippen LogP contribution in [0.25, 0.3) is 5.69 Å². The van der Waals surface area contributed by atoms with E-state index in [0.29, 0.717) is 5.69 Å². The molecule has 0 unspecified atom stereocenters. The number of ether oxygens (including phenoxy) is 1. The number of nitrogens with zero attached hydrogens (tertiary/aromatic N) is 3. The van der Waals surface area contributed by atoms with Crippen molar-refractivity contribution in [3.8, 4) is 11.8 Å². The number of hydrogen-bond donors (Lipinski definition) is 1. The molecule has 0 aliphatic rings. The molecule has 1 atom stereocenters. The molecule has 26 heavy (non-hydrogen) atoms. The molecule has 1 heterocycles. The summed E-state index contributed by atoms with van der Waals surface area (Å²) in [6.07, 6.45) is -0.0153. The minimum Gasteiger partial charge on any atom is -0.457 e. The zero-order valence-electron chi connectivity index (χ0n) is 14.9. The largest absolute Gasteiger partial charge is 0.457 e. The van der Waals surface area contributed by atoms with Crippen LogP contribution < -0.4 is 0 Å². The molecular formula is C19H20N4O3. The number of carbonyl (C=O) groups is 2. The normalized spacial score (nSPS) is 11.5. The van der Waals surface area contributed by atoms with Gasteiger partial charge in [-0.25, -0.2) is 4.68 Å². The van der Waals surface area contributed by atoms with E-state index in [4.69, 9.17) is 15.4 Å². The van der Waals surface area contributed by atoms with Gasteiger partial charge < -0.3 is 10.1 Å². The Hall–Kier alpha value is -3.27. The highest BCUT2D eigenvalue weighted by Crippen LogP contribution is 2.18. The summed E-state index contributed by atoms with van der Waals surface area (Å²) in [5, 5.41) is 20.7. The minimum atomic E-state index is -1.17. The zero-order valence-corrected chi connectivity index (χ0v) is 14.9. The van der Waals surface area contributed by atoms with Crippen molar-refractivity contribution in [2.45, 2.75) is 27.2 Å². The van der Waals surface area contributed by atoms with E-state index in [1.807, 2.05) is 44.2 Å². The van der Waals surface area contributed by atoms with Crippen LogP contribution in [0.1, 0.15) is 23.9 Å². The summed E-state index contributed by atoms with van der Waals surface area (Å²) in [6.45, 7) is 4.53. The van der Waals surface area contributed by atoms with Crippen molar-refractivity contribution in [2.75, 3.05) is 6.61 Å². The van der Waals surface area contributed by atoms with Crippen molar-refractivity contribution >= 4 is 17.5 Å². The minimum absolute atomic E-state index is 0.0153. The van der Waals surface area contributed by atoms with E-state index in [-0.39, 0.29) is 12.1 Å². The van der Waals surface area contributed by atoms with Gasteiger partial charge in [-0.3, -0.25) is 9.59 Å². The lowest BCUT2D eigenvalue weighted by Gasteiger charge is -2.08. The Morgan fingerprint density at radius 3 is 2.54 bits per heavy atom. The van der Waals surface area contributed by atoms with E-state index >= 15 is 0 Å². The summed E-state index contributed by atoms with van der Waals surface area (Å²) in [5.41, 5.74) is 3.10. The molecule has 0 saturated carbocycles. The number of rotatable bonds is 7. The molecule has 0 saturated heterocycles. The van der Waals surface area contributed by atoms with Crippen LogP contribution in [0.4, 0.5) is 0 Å². The summed E-state index contributed by atoms with van der Waals surface area (Å²) < 4.78 is 6.75. The second-order valence-electron chi connectivity index (χ2n) is 5.95. The van der Waals surface area contributed by atoms with Crippen molar-refractivity contribution in [3.63, 3.8) is 0 Å². The van der Waals surface area contributed by atoms with Gasteiger partial charge in [0.2, 0.25) is 0 Å². The lowest BCUT2D eigenvalue weighted by Crippen LogP contribution is -2.26. The third-order valence-electron chi connectivity index (χ3n) is 4.02. The molecule has 0 fully saturated rings. The number of nitriles is 1. The molecule has 2 rings (SSSR count). The number of aryl methyl sites for hydroxylation is 1. The van der Waals surface area contributed by atoms with Gasteiger partial charge in [0.05, 0.1) is 23.9 Å². The highest BCUT2D eigenvalue weighted by atomic mass is 16.5. The van der Waals surface area contributed by atoms with Gasteiger partial charge in [0.1, 0.15) is 5.92 Å². The maximum atomic E-state index is 12.1. The quantitative estimate of drug-likeness (QED) is 0.607. The first-order chi connectivity index (χ1) is 12.3. The average Bonchev–Trinajstić information content (AvgIpc) is 2.89. The molecule has 0 spiro atoms. The Balaban J connectivity index is 2.06. The molecule has 2 aromatic rings. The monoisotopic (exact) mass is 352 g/mol. The Labute approximate surface area is 151 Å². The van der Waals surface area contributed by atoms with E-state index in [9.17, 15) is 9.59 Å². The van der Waals surface area contributed by atoms with Gasteiger partial charge in [-0.05, 0) is 32.9 Å². The molecule has 1 N–H and O–H groups in total. The van der Waals surface area contributed by atoms with Crippen LogP contribution in [0.2, 0.25) is 0 Å². The summed E-state index contributed by atoms with van der Waals surface area (Å²) in [5.74, 6) is -2.34. The number of esters is 1. The van der Waals surface area contributed by atoms with E-state index < -0.39 is 24.3 Å². The van der Waals surface area contributed by atoms with Crippen LogP contribution in [0.15, 0.2) is 30.3 Å². The predicted molar refractivity (Wildman–Crippen MR) is 95.2 cm³/mol. The van der Waals surface area contributed by atoms with E-state index in [0.717, 1.165) is 16.9 Å². The molecule has 0 radical (unpaired) electrons. The van der Waals surface area contributed by atoms with Crippen LogP contribution >= 0.6 is 0 Å². The first kappa shape index (κ1) is 19.1. The number of ketones is 1. The van der Waals surface area contributed by atoms with Crippen LogP contribution in [0.5, 0.6) is 0 Å². The van der Waals surface area contributed by atoms with E-state index in [1.54, 1.807) is 10.8 Å². The second kappa shape index (κ2) is 8.21. The zero-order chi connectivity index (χ0) is 19.3. The van der Waals surface area contributed by atoms with Crippen LogP contribution in [-0.2, 0) is 20.7 Å². The van der Waals surface area contributed by atoms with Gasteiger partial charge in [-0.15, -0.1) is 0 Å². The summed E-state index contributed by atoms with van der Waals surface area (Å²) in [6, 6.07) is 11.3. The molecule has 0 aliphatic heterocycles. The van der Waals surface area contributed by atoms with Gasteiger partial charge >= 0.3 is 5.97 Å². The van der Waals surface area contributed by atoms with E-state index in [1.165, 1.54) is 6.92 Å². The number of hydrogen-bond acceptors (Lipinski definition) is 6. The van der Waals surface area contributed by atoms with Crippen molar-refractivity contribution in [3.05, 3.63) is 47.3 Å². The van der Waals surface area contributed by atoms with Crippen LogP contribution in [-0.4, -0.2) is 33.9 Å². The maximum Gasteiger partial charge on any atom is 0.310 e. The molecule has 1 aromatic heterocycles. The Morgan fingerprint density at radius 1 is 1.31 bits per heavy atom. The second-order valence-corrected chi connectivity index (χ2v) is 5.95. The Morgan fingerprint density at radius 2 is 1.96 bits per heavy atom. The highest BCUT2D eigenvalue weighted by Gasteiger charge is 2.22. The fourth-order valence-corrected chi connectivity index (χ4v) is 2.59. The number of carbonyl (C=O) groups excluding carboxylic acids is 2. The van der Waals surface area contributed by atoms with Gasteiger partial charge in [-0.1, -0.05) is 18.2 Å². The topological polar surface area (TPSA) is 109 Å². The molecule has 134 valence electrons. The third kappa shape index (κ3) is 4.22. The SMILES string of the molecule is CC(=N)[C@@H](C#N)C(=O)COC(=O)Cc1c(C)nn(-c2ccccc2)c1C. The smallest absolute Gasteiger partial charge is 0.310 e. The van der Waals surface area contributed by atoms with Gasteiger partial charge in [-0.2, -0.15) is 10.4 Å². The summed E-state index contributed by atoms with van der Waals surface area (Å²) >= 11 is 0. The molecule has 7 heteroatoms. The van der Waals surface area contributed by atoms with Gasteiger partial charge in [0.15, 0.2) is 12.4 Å². The van der Waals surface area contributed by atoms with Crippen molar-refractivity contribution in [1.29, 1.82) is 10.7 Å². The number of Topliss-reactive ketones (excluding diaryl/α,β-unsaturated/α-hetero) is 1. The number of para-hydroxylation sites is 1. The molecule has 0 aliphatic carbocycles. The van der Waals surface area contributed by atoms with Crippen molar-refractivity contribution < 1.29 is 14.3 Å². The first-order valence-corrected chi connectivity index (χ1v) is 8.08. The lowest BCUT2D eigenvalue weighted by molar-refractivity contribution is -0.147. The first-order valence-electron chi connectivity index (χ1n) is 8.08. The fourth-order valence-electron chi connectivity index (χ4n) is 2.59. The number of aromatic nitrogens is 2. The van der Waals surface area contributed by atoms with Crippen molar-refractivity contribution in [2.24, 2.45) is 5.92 Å². The Bertz CT molecular complexity index is 878. The summed E-state index contributed by atoms with van der Waals surface area (Å²) in [7, 11) is 0. The number of benzene rings is 1. The molecule has 7 nitrogen and oxygen atoms in total. The van der Waals surface area contributed by atoms with E-state index in [2.05, 4.69) is 5.10 Å². The van der Waals surface area contributed by atoms with Crippen LogP contribution in [0.3, 0.4) is 0 Å². The van der Waals surface area contributed by atoms with Crippen molar-refractivity contribution in [1.82, 2.24) is 9.78 Å². The third-order valence-corrected chi connectivity index (χ3v) is 4.02. The maximum absolute atomic E-state index is 12.1. The number of nitrogens with one attached hydrogen (secondary N) is 1. The molecule has 0 amide bonds. The van der Waals surface area contributed by atoms with Gasteiger partial charge in [0.25, 0.3) is 0 Å². The highest BCUT2D eigenvalue weighted by molar-refractivity contribution is 6.06. The molecular weight excluding hydrogens is 332 g/mol. The Kier molecular flexibility index (Phi) is 6.02. The standard InChI is InChI=1S/C19H20N4O3/c1-12(21)17(10-20)18(24)11-26-19(25)9-16-13(2)22-23(14(16)3)15-7-5-4-6-8-15/h4-8,17,21H,9,11H2,1-3H3/t17-/m1/s1. The van der Waals surface area contributed by atoms with Crippen LogP contribution in [0, 0.1) is 36.5 Å². The predicted octanol–water partition coefficient (Wildman–Crippen LogP) is 2.32. The average molecular weight is 352 g/mol.